The molecule has 0 aromatic carbocycles. The molecule has 3 aliphatic carbocycles. The fourth-order valence-corrected chi connectivity index (χ4v) is 3.01. The van der Waals surface area contributed by atoms with E-state index in [0.717, 1.165) is 0 Å². The molecule has 0 spiro atoms. The van der Waals surface area contributed by atoms with Crippen LogP contribution >= 0.6 is 0 Å². The van der Waals surface area contributed by atoms with Crippen LogP contribution < -0.4 is 0 Å². The molecular weight excluding hydrogens is 282 g/mol. The summed E-state index contributed by atoms with van der Waals surface area (Å²) < 4.78 is 84.9. The number of esters is 2. The molecule has 104 valence electrons. The lowest BCUT2D eigenvalue weighted by molar-refractivity contribution is -0.300. The largest absolute Gasteiger partial charge is 0.393 e. The molecule has 0 aromatic rings. The van der Waals surface area contributed by atoms with Crippen LogP contribution in [0.1, 0.15) is 0 Å². The molecule has 2 fully saturated rings. The van der Waals surface area contributed by atoms with Crippen molar-refractivity contribution in [2.45, 2.75) is 11.8 Å². The maximum atomic E-state index is 13.5. The summed E-state index contributed by atoms with van der Waals surface area (Å²) in [6.45, 7) is 0. The van der Waals surface area contributed by atoms with Crippen LogP contribution in [0.3, 0.4) is 0 Å². The standard InChI is InChI=1S/C10H4F6O3/c11-5-3-1-2(8(18)19-7(1)17)4(6(5)12)10(15,16)9(3,13)14/h1-4H. The Hall–Kier alpha value is -1.54. The number of carbonyl (C=O) groups is 2. The van der Waals surface area contributed by atoms with Gasteiger partial charge < -0.3 is 4.74 Å². The third-order valence-corrected chi connectivity index (χ3v) is 3.85. The Labute approximate surface area is 101 Å². The minimum Gasteiger partial charge on any atom is -0.393 e. The van der Waals surface area contributed by atoms with Gasteiger partial charge in [0, 0.05) is 0 Å². The molecule has 0 radical (unpaired) electrons. The number of ether oxygens (including phenoxy) is 1. The summed E-state index contributed by atoms with van der Waals surface area (Å²) in [6.07, 6.45) is 0. The zero-order valence-electron chi connectivity index (χ0n) is 8.80. The second-order valence-electron chi connectivity index (χ2n) is 4.69. The molecule has 4 aliphatic rings. The molecule has 1 saturated heterocycles. The van der Waals surface area contributed by atoms with Crippen LogP contribution in [0.2, 0.25) is 0 Å². The van der Waals surface area contributed by atoms with Gasteiger partial charge in [-0.3, -0.25) is 9.59 Å². The summed E-state index contributed by atoms with van der Waals surface area (Å²) >= 11 is 0. The van der Waals surface area contributed by atoms with Gasteiger partial charge in [0.2, 0.25) is 0 Å². The molecule has 9 heteroatoms. The number of carbonyl (C=O) groups excluding carboxylic acids is 2. The molecular formula is C10H4F6O3. The molecule has 0 N–H and O–H groups in total. The first kappa shape index (κ1) is 12.5. The van der Waals surface area contributed by atoms with Gasteiger partial charge in [0.1, 0.15) is 11.7 Å². The number of cyclic esters (lactones) is 2. The van der Waals surface area contributed by atoms with E-state index in [-0.39, 0.29) is 0 Å². The molecule has 4 rings (SSSR count). The Bertz CT molecular complexity index is 493. The highest BCUT2D eigenvalue weighted by Crippen LogP contribution is 2.66. The summed E-state index contributed by atoms with van der Waals surface area (Å²) in [5.41, 5.74) is 0. The van der Waals surface area contributed by atoms with Gasteiger partial charge in [0.15, 0.2) is 0 Å². The van der Waals surface area contributed by atoms with Crippen LogP contribution in [0, 0.1) is 23.7 Å². The van der Waals surface area contributed by atoms with Crippen LogP contribution in [0.4, 0.5) is 26.3 Å². The second-order valence-corrected chi connectivity index (χ2v) is 4.69. The average molecular weight is 286 g/mol. The van der Waals surface area contributed by atoms with Crippen LogP contribution in [0.25, 0.3) is 0 Å². The third kappa shape index (κ3) is 1.12. The predicted molar refractivity (Wildman–Crippen MR) is 44.2 cm³/mol. The number of fused-ring (bicyclic) bond motifs is 1. The Morgan fingerprint density at radius 1 is 0.789 bits per heavy atom. The first-order valence-corrected chi connectivity index (χ1v) is 5.18. The summed E-state index contributed by atoms with van der Waals surface area (Å²) in [6, 6.07) is 0. The molecule has 4 unspecified atom stereocenters. The van der Waals surface area contributed by atoms with Crippen molar-refractivity contribution in [1.29, 1.82) is 0 Å². The zero-order chi connectivity index (χ0) is 14.3. The van der Waals surface area contributed by atoms with Gasteiger partial charge in [-0.05, 0) is 0 Å². The van der Waals surface area contributed by atoms with E-state index in [9.17, 15) is 35.9 Å². The first-order valence-electron chi connectivity index (χ1n) is 5.18. The van der Waals surface area contributed by atoms with Crippen LogP contribution in [0.15, 0.2) is 11.7 Å². The summed E-state index contributed by atoms with van der Waals surface area (Å²) in [4.78, 5) is 22.5. The van der Waals surface area contributed by atoms with E-state index in [4.69, 9.17) is 0 Å². The number of rotatable bonds is 0. The molecule has 0 aromatic heterocycles. The number of allylic oxidation sites excluding steroid dienone is 2. The van der Waals surface area contributed by atoms with Gasteiger partial charge in [-0.2, -0.15) is 17.6 Å². The summed E-state index contributed by atoms with van der Waals surface area (Å²) in [5, 5.41) is 0. The smallest absolute Gasteiger partial charge is 0.320 e. The van der Waals surface area contributed by atoms with Gasteiger partial charge in [0.25, 0.3) is 0 Å². The number of hydrogen-bond donors (Lipinski definition) is 0. The van der Waals surface area contributed by atoms with E-state index >= 15 is 0 Å². The Morgan fingerprint density at radius 3 is 1.42 bits per heavy atom. The molecule has 19 heavy (non-hydrogen) atoms. The molecule has 1 aliphatic heterocycles. The van der Waals surface area contributed by atoms with Crippen molar-refractivity contribution < 1.29 is 40.7 Å². The number of alkyl halides is 4. The second kappa shape index (κ2) is 3.13. The van der Waals surface area contributed by atoms with E-state index in [1.165, 1.54) is 0 Å². The van der Waals surface area contributed by atoms with E-state index in [2.05, 4.69) is 4.74 Å². The maximum absolute atomic E-state index is 13.5. The van der Waals surface area contributed by atoms with Crippen molar-refractivity contribution in [2.75, 3.05) is 0 Å². The third-order valence-electron chi connectivity index (χ3n) is 3.85. The predicted octanol–water partition coefficient (Wildman–Crippen LogP) is 1.98. The molecule has 3 nitrogen and oxygen atoms in total. The van der Waals surface area contributed by atoms with Gasteiger partial charge in [-0.25, -0.2) is 8.78 Å². The quantitative estimate of drug-likeness (QED) is 0.388. The van der Waals surface area contributed by atoms with Gasteiger partial charge in [0.05, 0.1) is 23.7 Å². The van der Waals surface area contributed by atoms with Crippen LogP contribution in [0.5, 0.6) is 0 Å². The van der Waals surface area contributed by atoms with E-state index < -0.39 is 59.1 Å². The average Bonchev–Trinajstić information content (AvgIpc) is 2.54. The lowest BCUT2D eigenvalue weighted by Gasteiger charge is -2.49. The van der Waals surface area contributed by atoms with Crippen molar-refractivity contribution in [3.8, 4) is 0 Å². The number of halogens is 6. The molecule has 0 amide bonds. The molecule has 1 heterocycles. The Kier molecular flexibility index (Phi) is 2.06. The lowest BCUT2D eigenvalue weighted by Crippen LogP contribution is -2.65. The summed E-state index contributed by atoms with van der Waals surface area (Å²) in [7, 11) is 0. The maximum Gasteiger partial charge on any atom is 0.320 e. The van der Waals surface area contributed by atoms with Crippen LogP contribution in [-0.2, 0) is 14.3 Å². The molecule has 2 bridgehead atoms. The van der Waals surface area contributed by atoms with Gasteiger partial charge in [-0.1, -0.05) is 0 Å². The van der Waals surface area contributed by atoms with Crippen molar-refractivity contribution in [1.82, 2.24) is 0 Å². The fraction of sp³-hybridized carbons (Fsp3) is 0.600. The van der Waals surface area contributed by atoms with Gasteiger partial charge >= 0.3 is 23.8 Å². The van der Waals surface area contributed by atoms with E-state index in [1.54, 1.807) is 0 Å². The van der Waals surface area contributed by atoms with Crippen LogP contribution in [-0.4, -0.2) is 23.8 Å². The van der Waals surface area contributed by atoms with E-state index in [0.29, 0.717) is 0 Å². The van der Waals surface area contributed by atoms with Crippen molar-refractivity contribution in [3.63, 3.8) is 0 Å². The highest BCUT2D eigenvalue weighted by Gasteiger charge is 2.82. The van der Waals surface area contributed by atoms with Crippen molar-refractivity contribution in [2.24, 2.45) is 23.7 Å². The molecule has 1 saturated carbocycles. The highest BCUT2D eigenvalue weighted by molar-refractivity contribution is 5.98. The topological polar surface area (TPSA) is 43.4 Å². The van der Waals surface area contributed by atoms with Crippen molar-refractivity contribution >= 4 is 11.9 Å². The Morgan fingerprint density at radius 2 is 1.11 bits per heavy atom. The monoisotopic (exact) mass is 286 g/mol. The lowest BCUT2D eigenvalue weighted by atomic mass is 9.58. The minimum absolute atomic E-state index is 1.53. The number of hydrogen-bond acceptors (Lipinski definition) is 3. The highest BCUT2D eigenvalue weighted by atomic mass is 19.3. The van der Waals surface area contributed by atoms with Crippen molar-refractivity contribution in [3.05, 3.63) is 11.7 Å². The zero-order valence-corrected chi connectivity index (χ0v) is 8.80. The van der Waals surface area contributed by atoms with Gasteiger partial charge in [-0.15, -0.1) is 0 Å². The normalized spacial score (nSPS) is 42.4. The fourth-order valence-electron chi connectivity index (χ4n) is 3.01. The first-order chi connectivity index (χ1) is 8.62. The summed E-state index contributed by atoms with van der Waals surface area (Å²) in [5.74, 6) is -27.4. The minimum atomic E-state index is -4.96. The van der Waals surface area contributed by atoms with E-state index in [1.807, 2.05) is 0 Å². The molecule has 4 atom stereocenters. The SMILES string of the molecule is O=C1OC(=O)C2C1C1C(F)=C(F)C2C(F)(F)C1(F)F. The Balaban J connectivity index is 2.28.